The highest BCUT2D eigenvalue weighted by Gasteiger charge is 2.28. The lowest BCUT2D eigenvalue weighted by molar-refractivity contribution is 0.0658. The maximum atomic E-state index is 14.1. The van der Waals surface area contributed by atoms with Crippen molar-refractivity contribution in [3.63, 3.8) is 0 Å². The molecule has 6 aromatic rings. The number of rotatable bonds is 13. The van der Waals surface area contributed by atoms with Gasteiger partial charge >= 0.3 is 47.8 Å². The Morgan fingerprint density at radius 3 is 0.662 bits per heavy atom. The van der Waals surface area contributed by atoms with Gasteiger partial charge in [0.2, 0.25) is 0 Å². The molecular weight excluding hydrogens is 1420 g/mol. The molecule has 0 aliphatic rings. The molecule has 4 N–H and O–H groups in total. The molecule has 0 aliphatic heterocycles. The van der Waals surface area contributed by atoms with E-state index in [9.17, 15) is 58.8 Å². The van der Waals surface area contributed by atoms with Crippen LogP contribution in [0, 0.1) is 0 Å². The maximum Gasteiger partial charge on any atom is 0.343 e. The standard InChI is InChI=1S/C44H18Br8O16/c45-21-7-25(37(53)54)33(29(49)11-21)65-41(61)17-1-15(2-18(5-17)42(62)66-34-26(38(55)56)8-22(46)12-30(34)50)16-3-19(43(63)67-35-27(39(57)58)9-23(47)13-31(35)51)6-20(4-16)44(64)68-36-28(40(59)60)10-24(48)14-32(36)52/h1-14H,(H,53,54)(H,55,56)(H,57,58)(H,59,60). The molecule has 346 valence electrons. The lowest BCUT2D eigenvalue weighted by Gasteiger charge is -2.15. The third-order valence-corrected chi connectivity index (χ3v) is 13.1. The third-order valence-electron chi connectivity index (χ3n) is 8.88. The minimum absolute atomic E-state index is 0.0241. The second kappa shape index (κ2) is 21.7. The number of carbonyl (C=O) groups is 8. The van der Waals surface area contributed by atoms with Crippen LogP contribution in [-0.2, 0) is 0 Å². The van der Waals surface area contributed by atoms with Crippen LogP contribution in [0.3, 0.4) is 0 Å². The fraction of sp³-hybridized carbons (Fsp3) is 0. The van der Waals surface area contributed by atoms with E-state index in [1.165, 1.54) is 24.3 Å². The van der Waals surface area contributed by atoms with Crippen molar-refractivity contribution in [2.24, 2.45) is 0 Å². The zero-order chi connectivity index (χ0) is 50.0. The van der Waals surface area contributed by atoms with Gasteiger partial charge in [-0.1, -0.05) is 63.7 Å². The largest absolute Gasteiger partial charge is 0.478 e. The van der Waals surface area contributed by atoms with E-state index >= 15 is 0 Å². The van der Waals surface area contributed by atoms with Crippen LogP contribution < -0.4 is 18.9 Å². The Bertz CT molecular complexity index is 2810. The summed E-state index contributed by atoms with van der Waals surface area (Å²) in [5.74, 6) is -12.7. The Kier molecular flexibility index (Phi) is 16.7. The van der Waals surface area contributed by atoms with Gasteiger partial charge in [0, 0.05) is 17.9 Å². The molecule has 0 radical (unpaired) electrons. The molecule has 0 amide bonds. The van der Waals surface area contributed by atoms with Crippen LogP contribution in [0.15, 0.2) is 121 Å². The molecule has 0 aliphatic carbocycles. The summed E-state index contributed by atoms with van der Waals surface area (Å²) >= 11 is 25.5. The Hall–Kier alpha value is -5.08. The summed E-state index contributed by atoms with van der Waals surface area (Å²) < 4.78 is 23.6. The topological polar surface area (TPSA) is 254 Å². The highest BCUT2D eigenvalue weighted by atomic mass is 79.9. The molecule has 0 unspecified atom stereocenters. The van der Waals surface area contributed by atoms with Crippen LogP contribution in [-0.4, -0.2) is 68.2 Å². The number of aromatic carboxylic acids is 4. The maximum absolute atomic E-state index is 14.1. The van der Waals surface area contributed by atoms with E-state index in [4.69, 9.17) is 18.9 Å². The van der Waals surface area contributed by atoms with E-state index in [2.05, 4.69) is 127 Å². The van der Waals surface area contributed by atoms with Gasteiger partial charge in [0.15, 0.2) is 23.0 Å². The van der Waals surface area contributed by atoms with Gasteiger partial charge < -0.3 is 39.4 Å². The van der Waals surface area contributed by atoms with Gasteiger partial charge in [-0.15, -0.1) is 0 Å². The predicted molar refractivity (Wildman–Crippen MR) is 267 cm³/mol. The fourth-order valence-corrected chi connectivity index (χ4v) is 11.2. The zero-order valence-electron chi connectivity index (χ0n) is 32.8. The zero-order valence-corrected chi connectivity index (χ0v) is 45.5. The summed E-state index contributed by atoms with van der Waals surface area (Å²) in [6.07, 6.45) is 0. The molecule has 6 aromatic carbocycles. The van der Waals surface area contributed by atoms with Crippen LogP contribution in [0.25, 0.3) is 11.1 Å². The SMILES string of the molecule is O=C(Oc1c(Br)cc(Br)cc1C(=O)O)c1cc(C(=O)Oc2c(Br)cc(Br)cc2C(=O)O)cc(-c2cc(C(=O)Oc3c(Br)cc(Br)cc3C(=O)O)cc(C(=O)Oc3c(Br)cc(Br)cc3C(=O)O)c2)c1. The Labute approximate surface area is 448 Å². The number of esters is 4. The number of hydrogen-bond acceptors (Lipinski definition) is 12. The Morgan fingerprint density at radius 2 is 0.485 bits per heavy atom. The van der Waals surface area contributed by atoms with Crippen LogP contribution >= 0.6 is 127 Å². The molecule has 0 fully saturated rings. The first-order valence-electron chi connectivity index (χ1n) is 18.0. The van der Waals surface area contributed by atoms with Gasteiger partial charge in [-0.2, -0.15) is 0 Å². The first-order chi connectivity index (χ1) is 31.9. The molecule has 0 aromatic heterocycles. The molecule has 0 spiro atoms. The van der Waals surface area contributed by atoms with Crippen molar-refractivity contribution in [1.82, 2.24) is 0 Å². The van der Waals surface area contributed by atoms with Crippen molar-refractivity contribution < 1.29 is 77.7 Å². The fourth-order valence-electron chi connectivity index (χ4n) is 5.96. The summed E-state index contributed by atoms with van der Waals surface area (Å²) in [6, 6.07) is 16.7. The van der Waals surface area contributed by atoms with E-state index in [-0.39, 0.29) is 29.0 Å². The second-order valence-corrected chi connectivity index (χ2v) is 20.5. The molecule has 0 atom stereocenters. The first-order valence-corrected chi connectivity index (χ1v) is 24.3. The summed E-state index contributed by atoms with van der Waals surface area (Å²) in [7, 11) is 0. The molecule has 24 heteroatoms. The van der Waals surface area contributed by atoms with Crippen LogP contribution in [0.5, 0.6) is 23.0 Å². The number of carbonyl (C=O) groups excluding carboxylic acids is 4. The number of ether oxygens (including phenoxy) is 4. The summed E-state index contributed by atoms with van der Waals surface area (Å²) in [6.45, 7) is 0. The molecule has 16 nitrogen and oxygen atoms in total. The van der Waals surface area contributed by atoms with Crippen molar-refractivity contribution >= 4 is 175 Å². The van der Waals surface area contributed by atoms with E-state index in [0.29, 0.717) is 17.9 Å². The number of halogens is 8. The number of benzene rings is 6. The lowest BCUT2D eigenvalue weighted by atomic mass is 9.96. The number of carboxylic acid groups (broad SMARTS) is 4. The van der Waals surface area contributed by atoms with Crippen molar-refractivity contribution in [3.05, 3.63) is 165 Å². The van der Waals surface area contributed by atoms with Gasteiger partial charge in [-0.3, -0.25) is 0 Å². The summed E-state index contributed by atoms with van der Waals surface area (Å²) in [5.41, 5.74) is -3.97. The van der Waals surface area contributed by atoms with E-state index in [1.54, 1.807) is 0 Å². The smallest absolute Gasteiger partial charge is 0.343 e. The van der Waals surface area contributed by atoms with Crippen LogP contribution in [0.4, 0.5) is 0 Å². The van der Waals surface area contributed by atoms with Crippen molar-refractivity contribution in [2.45, 2.75) is 0 Å². The van der Waals surface area contributed by atoms with Crippen molar-refractivity contribution in [2.75, 3.05) is 0 Å². The first kappa shape index (κ1) is 52.3. The molecular formula is C44H18Br8O16. The lowest BCUT2D eigenvalue weighted by Crippen LogP contribution is -2.17. The monoisotopic (exact) mass is 1430 g/mol. The van der Waals surface area contributed by atoms with E-state index in [0.717, 1.165) is 60.7 Å². The van der Waals surface area contributed by atoms with E-state index in [1.807, 2.05) is 0 Å². The highest BCUT2D eigenvalue weighted by molar-refractivity contribution is 9.12. The molecule has 0 heterocycles. The molecule has 68 heavy (non-hydrogen) atoms. The average molecular weight is 1440 g/mol. The number of carboxylic acids is 4. The van der Waals surface area contributed by atoms with Gasteiger partial charge in [0.1, 0.15) is 22.3 Å². The normalized spacial score (nSPS) is 10.8. The minimum atomic E-state index is -1.48. The molecule has 0 saturated heterocycles. The molecule has 0 bridgehead atoms. The highest BCUT2D eigenvalue weighted by Crippen LogP contribution is 2.39. The Balaban J connectivity index is 1.57. The number of hydrogen-bond donors (Lipinski definition) is 4. The van der Waals surface area contributed by atoms with E-state index < -0.39 is 115 Å². The van der Waals surface area contributed by atoms with Gasteiger partial charge in [-0.05, 0) is 160 Å². The van der Waals surface area contributed by atoms with Crippen LogP contribution in [0.1, 0.15) is 82.9 Å². The van der Waals surface area contributed by atoms with Gasteiger partial charge in [0.05, 0.1) is 40.1 Å². The Morgan fingerprint density at radius 1 is 0.294 bits per heavy atom. The second-order valence-electron chi connectivity index (χ2n) is 13.4. The summed E-state index contributed by atoms with van der Waals surface area (Å²) in [4.78, 5) is 105. The van der Waals surface area contributed by atoms with Gasteiger partial charge in [0.25, 0.3) is 0 Å². The minimum Gasteiger partial charge on any atom is -0.478 e. The predicted octanol–water partition coefficient (Wildman–Crippen LogP) is 13.1. The van der Waals surface area contributed by atoms with Crippen LogP contribution in [0.2, 0.25) is 0 Å². The average Bonchev–Trinajstić information content (AvgIpc) is 3.25. The summed E-state index contributed by atoms with van der Waals surface area (Å²) in [5, 5.41) is 39.7. The van der Waals surface area contributed by atoms with Gasteiger partial charge in [-0.25, -0.2) is 38.4 Å². The molecule has 6 rings (SSSR count). The quantitative estimate of drug-likeness (QED) is 0.0619. The third kappa shape index (κ3) is 12.0. The molecule has 0 saturated carbocycles. The van der Waals surface area contributed by atoms with Crippen molar-refractivity contribution in [1.29, 1.82) is 0 Å². The van der Waals surface area contributed by atoms with Crippen molar-refractivity contribution in [3.8, 4) is 34.1 Å².